The number of carbonyl (C=O) groups excluding carboxylic acids is 1. The van der Waals surface area contributed by atoms with Crippen LogP contribution in [0, 0.1) is 0 Å². The van der Waals surface area contributed by atoms with Crippen LogP contribution >= 0.6 is 0 Å². The number of carboxylic acids is 1. The predicted molar refractivity (Wildman–Crippen MR) is 81.6 cm³/mol. The molecule has 1 aromatic carbocycles. The first-order valence-electron chi connectivity index (χ1n) is 6.52. The molecule has 0 spiro atoms. The number of nitrogens with one attached hydrogen (secondary N) is 2. The second-order valence-corrected chi connectivity index (χ2v) is 6.32. The van der Waals surface area contributed by atoms with Crippen LogP contribution in [0.5, 0.6) is 0 Å². The SMILES string of the molecule is CC(CS(C)=O)NC(=O)N[C@H](Cc1ccccc1)C(=O)O. The van der Waals surface area contributed by atoms with Crippen molar-refractivity contribution in [1.82, 2.24) is 10.6 Å². The summed E-state index contributed by atoms with van der Waals surface area (Å²) in [5.74, 6) is -0.773. The van der Waals surface area contributed by atoms with Crippen molar-refractivity contribution < 1.29 is 18.9 Å². The lowest BCUT2D eigenvalue weighted by Crippen LogP contribution is -2.50. The summed E-state index contributed by atoms with van der Waals surface area (Å²) in [6, 6.07) is 7.20. The summed E-state index contributed by atoms with van der Waals surface area (Å²) in [6.45, 7) is 1.72. The van der Waals surface area contributed by atoms with E-state index in [-0.39, 0.29) is 12.5 Å². The Balaban J connectivity index is 2.56. The summed E-state index contributed by atoms with van der Waals surface area (Å²) >= 11 is 0. The van der Waals surface area contributed by atoms with Gasteiger partial charge < -0.3 is 15.7 Å². The summed E-state index contributed by atoms with van der Waals surface area (Å²) in [4.78, 5) is 23.0. The molecule has 3 N–H and O–H groups in total. The molecular formula is C14H20N2O4S. The van der Waals surface area contributed by atoms with Gasteiger partial charge in [0, 0.05) is 35.3 Å². The third-order valence-corrected chi connectivity index (χ3v) is 3.72. The Morgan fingerprint density at radius 1 is 1.24 bits per heavy atom. The van der Waals surface area contributed by atoms with Gasteiger partial charge in [-0.3, -0.25) is 4.21 Å². The fourth-order valence-corrected chi connectivity index (χ4v) is 2.65. The molecule has 0 bridgehead atoms. The van der Waals surface area contributed by atoms with Gasteiger partial charge in [-0.2, -0.15) is 0 Å². The quantitative estimate of drug-likeness (QED) is 0.692. The standard InChI is InChI=1S/C14H20N2O4S/c1-10(9-21(2)20)15-14(19)16-12(13(17)18)8-11-6-4-3-5-7-11/h3-7,10,12H,8-9H2,1-2H3,(H,17,18)(H2,15,16,19)/t10?,12-,21?/m1/s1. The Bertz CT molecular complexity index is 507. The van der Waals surface area contributed by atoms with Gasteiger partial charge in [-0.1, -0.05) is 30.3 Å². The highest BCUT2D eigenvalue weighted by Gasteiger charge is 2.21. The lowest BCUT2D eigenvalue weighted by Gasteiger charge is -2.18. The van der Waals surface area contributed by atoms with Crippen LogP contribution in [0.15, 0.2) is 30.3 Å². The van der Waals surface area contributed by atoms with Crippen molar-refractivity contribution in [2.24, 2.45) is 0 Å². The normalized spacial score (nSPS) is 14.8. The summed E-state index contributed by atoms with van der Waals surface area (Å²) in [5.41, 5.74) is 0.827. The van der Waals surface area contributed by atoms with E-state index in [1.54, 1.807) is 25.3 Å². The summed E-state index contributed by atoms with van der Waals surface area (Å²) in [5, 5.41) is 14.2. The van der Waals surface area contributed by atoms with Gasteiger partial charge in [0.25, 0.3) is 0 Å². The number of rotatable bonds is 7. The van der Waals surface area contributed by atoms with Crippen LogP contribution in [0.4, 0.5) is 4.79 Å². The van der Waals surface area contributed by atoms with E-state index < -0.39 is 28.8 Å². The van der Waals surface area contributed by atoms with Crippen LogP contribution in [0.3, 0.4) is 0 Å². The number of aliphatic carboxylic acids is 1. The molecule has 2 amide bonds. The van der Waals surface area contributed by atoms with Gasteiger partial charge in [0.15, 0.2) is 0 Å². The van der Waals surface area contributed by atoms with E-state index in [1.807, 2.05) is 18.2 Å². The number of hydrogen-bond donors (Lipinski definition) is 3. The zero-order chi connectivity index (χ0) is 15.8. The number of carbonyl (C=O) groups is 2. The first-order valence-corrected chi connectivity index (χ1v) is 8.25. The van der Waals surface area contributed by atoms with Crippen LogP contribution in [0.2, 0.25) is 0 Å². The molecular weight excluding hydrogens is 292 g/mol. The van der Waals surface area contributed by atoms with Gasteiger partial charge in [-0.25, -0.2) is 9.59 Å². The minimum absolute atomic E-state index is 0.206. The highest BCUT2D eigenvalue weighted by Crippen LogP contribution is 2.03. The number of benzene rings is 1. The minimum atomic E-state index is -1.10. The Morgan fingerprint density at radius 3 is 2.38 bits per heavy atom. The monoisotopic (exact) mass is 312 g/mol. The molecule has 3 atom stereocenters. The van der Waals surface area contributed by atoms with E-state index in [0.29, 0.717) is 5.75 Å². The van der Waals surface area contributed by atoms with Crippen molar-refractivity contribution in [3.8, 4) is 0 Å². The first-order chi connectivity index (χ1) is 9.88. The van der Waals surface area contributed by atoms with Crippen molar-refractivity contribution in [3.63, 3.8) is 0 Å². The molecule has 21 heavy (non-hydrogen) atoms. The van der Waals surface area contributed by atoms with E-state index in [0.717, 1.165) is 5.56 Å². The highest BCUT2D eigenvalue weighted by molar-refractivity contribution is 7.84. The van der Waals surface area contributed by atoms with Gasteiger partial charge in [0.05, 0.1) is 0 Å². The van der Waals surface area contributed by atoms with E-state index in [1.165, 1.54) is 0 Å². The van der Waals surface area contributed by atoms with E-state index in [4.69, 9.17) is 0 Å². The maximum absolute atomic E-state index is 11.8. The second-order valence-electron chi connectivity index (χ2n) is 4.84. The molecule has 0 aromatic heterocycles. The molecule has 0 saturated heterocycles. The zero-order valence-electron chi connectivity index (χ0n) is 12.0. The van der Waals surface area contributed by atoms with Crippen LogP contribution < -0.4 is 10.6 Å². The molecule has 2 unspecified atom stereocenters. The van der Waals surface area contributed by atoms with Crippen LogP contribution in [-0.4, -0.2) is 45.4 Å². The number of urea groups is 1. The molecule has 116 valence electrons. The molecule has 0 heterocycles. The second kappa shape index (κ2) is 8.41. The Hall–Kier alpha value is -1.89. The predicted octanol–water partition coefficient (Wildman–Crippen LogP) is 0.748. The maximum atomic E-state index is 11.8. The average Bonchev–Trinajstić information content (AvgIpc) is 2.37. The maximum Gasteiger partial charge on any atom is 0.326 e. The van der Waals surface area contributed by atoms with Gasteiger partial charge >= 0.3 is 12.0 Å². The molecule has 0 fully saturated rings. The van der Waals surface area contributed by atoms with Crippen molar-refractivity contribution in [3.05, 3.63) is 35.9 Å². The van der Waals surface area contributed by atoms with E-state index in [9.17, 15) is 18.9 Å². The van der Waals surface area contributed by atoms with Crippen molar-refractivity contribution in [2.45, 2.75) is 25.4 Å². The summed E-state index contributed by atoms with van der Waals surface area (Å²) in [7, 11) is -1.02. The molecule has 0 radical (unpaired) electrons. The van der Waals surface area contributed by atoms with Crippen LogP contribution in [0.25, 0.3) is 0 Å². The van der Waals surface area contributed by atoms with Gasteiger partial charge in [-0.05, 0) is 12.5 Å². The number of carboxylic acid groups (broad SMARTS) is 1. The summed E-state index contributed by atoms with van der Waals surface area (Å²) < 4.78 is 11.1. The lowest BCUT2D eigenvalue weighted by atomic mass is 10.1. The molecule has 0 aliphatic carbocycles. The molecule has 1 rings (SSSR count). The Morgan fingerprint density at radius 2 is 1.86 bits per heavy atom. The van der Waals surface area contributed by atoms with E-state index in [2.05, 4.69) is 10.6 Å². The topological polar surface area (TPSA) is 95.5 Å². The van der Waals surface area contributed by atoms with Crippen LogP contribution in [-0.2, 0) is 22.0 Å². The van der Waals surface area contributed by atoms with Crippen molar-refractivity contribution in [2.75, 3.05) is 12.0 Å². The lowest BCUT2D eigenvalue weighted by molar-refractivity contribution is -0.139. The van der Waals surface area contributed by atoms with E-state index >= 15 is 0 Å². The number of hydrogen-bond acceptors (Lipinski definition) is 3. The van der Waals surface area contributed by atoms with Crippen molar-refractivity contribution >= 4 is 22.8 Å². The van der Waals surface area contributed by atoms with Gasteiger partial charge in [0.1, 0.15) is 6.04 Å². The molecule has 7 heteroatoms. The molecule has 6 nitrogen and oxygen atoms in total. The van der Waals surface area contributed by atoms with Gasteiger partial charge in [-0.15, -0.1) is 0 Å². The third-order valence-electron chi connectivity index (χ3n) is 2.75. The molecule has 0 saturated carbocycles. The molecule has 0 aliphatic rings. The fraction of sp³-hybridized carbons (Fsp3) is 0.429. The fourth-order valence-electron chi connectivity index (χ4n) is 1.87. The first kappa shape index (κ1) is 17.2. The smallest absolute Gasteiger partial charge is 0.326 e. The summed E-state index contributed by atoms with van der Waals surface area (Å²) in [6.07, 6.45) is 1.75. The minimum Gasteiger partial charge on any atom is -0.480 e. The highest BCUT2D eigenvalue weighted by atomic mass is 32.2. The zero-order valence-corrected chi connectivity index (χ0v) is 12.9. The third kappa shape index (κ3) is 6.89. The Kier molecular flexibility index (Phi) is 6.87. The van der Waals surface area contributed by atoms with Crippen molar-refractivity contribution in [1.29, 1.82) is 0 Å². The largest absolute Gasteiger partial charge is 0.480 e. The molecule has 0 aliphatic heterocycles. The number of amides is 2. The molecule has 1 aromatic rings. The van der Waals surface area contributed by atoms with Crippen LogP contribution in [0.1, 0.15) is 12.5 Å². The average molecular weight is 312 g/mol. The Labute approximate surface area is 126 Å². The van der Waals surface area contributed by atoms with Gasteiger partial charge in [0.2, 0.25) is 0 Å².